The number of anilines is 1. The van der Waals surface area contributed by atoms with Gasteiger partial charge in [0.2, 0.25) is 5.91 Å². The van der Waals surface area contributed by atoms with Crippen molar-refractivity contribution in [1.82, 2.24) is 4.90 Å². The molecule has 3 aromatic rings. The second-order valence-electron chi connectivity index (χ2n) is 7.25. The molecule has 0 aliphatic carbocycles. The number of rotatable bonds is 7. The van der Waals surface area contributed by atoms with Crippen LogP contribution in [0, 0.1) is 5.82 Å². The number of hydrogen-bond donors (Lipinski definition) is 1. The fraction of sp³-hybridized carbons (Fsp3) is 0.200. The van der Waals surface area contributed by atoms with Crippen LogP contribution in [0.4, 0.5) is 10.1 Å². The number of benzene rings is 3. The van der Waals surface area contributed by atoms with Crippen LogP contribution in [0.5, 0.6) is 0 Å². The first-order chi connectivity index (χ1) is 14.4. The summed E-state index contributed by atoms with van der Waals surface area (Å²) in [5.41, 5.74) is 3.12. The molecule has 0 spiro atoms. The van der Waals surface area contributed by atoms with Crippen LogP contribution in [-0.4, -0.2) is 23.8 Å². The number of halogens is 1. The average molecular weight is 404 g/mol. The van der Waals surface area contributed by atoms with Gasteiger partial charge in [-0.3, -0.25) is 9.59 Å². The smallest absolute Gasteiger partial charge is 0.255 e. The van der Waals surface area contributed by atoms with Crippen LogP contribution in [0.15, 0.2) is 78.9 Å². The Bertz CT molecular complexity index is 1000. The van der Waals surface area contributed by atoms with E-state index in [4.69, 9.17) is 0 Å². The van der Waals surface area contributed by atoms with Gasteiger partial charge in [-0.15, -0.1) is 0 Å². The van der Waals surface area contributed by atoms with Gasteiger partial charge in [0.1, 0.15) is 5.82 Å². The van der Waals surface area contributed by atoms with E-state index in [1.54, 1.807) is 36.2 Å². The van der Waals surface area contributed by atoms with Crippen LogP contribution < -0.4 is 5.32 Å². The highest BCUT2D eigenvalue weighted by atomic mass is 19.1. The van der Waals surface area contributed by atoms with E-state index < -0.39 is 0 Å². The van der Waals surface area contributed by atoms with Crippen molar-refractivity contribution in [3.05, 3.63) is 101 Å². The average Bonchev–Trinajstić information content (AvgIpc) is 2.78. The molecule has 0 radical (unpaired) electrons. The maximum Gasteiger partial charge on any atom is 0.255 e. The summed E-state index contributed by atoms with van der Waals surface area (Å²) in [5, 5.41) is 2.90. The second-order valence-corrected chi connectivity index (χ2v) is 7.25. The second kappa shape index (κ2) is 9.83. The third kappa shape index (κ3) is 5.54. The third-order valence-corrected chi connectivity index (χ3v) is 5.18. The molecule has 1 unspecified atom stereocenters. The number of amides is 2. The van der Waals surface area contributed by atoms with Crippen LogP contribution in [0.3, 0.4) is 0 Å². The molecular weight excluding hydrogens is 379 g/mol. The quantitative estimate of drug-likeness (QED) is 0.586. The molecule has 0 aromatic heterocycles. The molecule has 0 aliphatic heterocycles. The first-order valence-corrected chi connectivity index (χ1v) is 9.90. The van der Waals surface area contributed by atoms with E-state index in [9.17, 15) is 14.0 Å². The number of carbonyl (C=O) groups is 2. The predicted octanol–water partition coefficient (Wildman–Crippen LogP) is 5.23. The predicted molar refractivity (Wildman–Crippen MR) is 117 cm³/mol. The van der Waals surface area contributed by atoms with Gasteiger partial charge in [-0.05, 0) is 60.9 Å². The summed E-state index contributed by atoms with van der Waals surface area (Å²) in [6, 6.07) is 22.6. The lowest BCUT2D eigenvalue weighted by Crippen LogP contribution is -2.29. The minimum absolute atomic E-state index is 0.00514. The molecule has 0 heterocycles. The van der Waals surface area contributed by atoms with Crippen molar-refractivity contribution in [3.8, 4) is 0 Å². The zero-order chi connectivity index (χ0) is 21.5. The summed E-state index contributed by atoms with van der Waals surface area (Å²) in [5.74, 6) is -0.454. The van der Waals surface area contributed by atoms with E-state index in [0.29, 0.717) is 24.1 Å². The van der Waals surface area contributed by atoms with Crippen molar-refractivity contribution in [2.45, 2.75) is 25.8 Å². The maximum atomic E-state index is 13.0. The van der Waals surface area contributed by atoms with Crippen LogP contribution in [0.1, 0.15) is 40.9 Å². The van der Waals surface area contributed by atoms with Crippen molar-refractivity contribution in [1.29, 1.82) is 0 Å². The van der Waals surface area contributed by atoms with Gasteiger partial charge in [0.25, 0.3) is 5.91 Å². The van der Waals surface area contributed by atoms with E-state index in [1.165, 1.54) is 12.1 Å². The van der Waals surface area contributed by atoms with Crippen molar-refractivity contribution in [3.63, 3.8) is 0 Å². The molecule has 3 aromatic carbocycles. The Morgan fingerprint density at radius 2 is 1.67 bits per heavy atom. The Morgan fingerprint density at radius 1 is 0.967 bits per heavy atom. The standard InChI is InChI=1S/C25H25FN2O2/c1-18(28(2)24(29)16-13-19-11-14-22(26)15-12-19)21-9-6-10-23(17-21)27-25(30)20-7-4-3-5-8-20/h3-12,14-15,17-18H,13,16H2,1-2H3,(H,27,30). The SMILES string of the molecule is CC(c1cccc(NC(=O)c2ccccc2)c1)N(C)C(=O)CCc1ccc(F)cc1. The first-order valence-electron chi connectivity index (χ1n) is 9.90. The molecule has 0 saturated heterocycles. The summed E-state index contributed by atoms with van der Waals surface area (Å²) in [6.07, 6.45) is 0.903. The van der Waals surface area contributed by atoms with Crippen LogP contribution in [0.2, 0.25) is 0 Å². The molecule has 0 fully saturated rings. The van der Waals surface area contributed by atoms with Crippen LogP contribution >= 0.6 is 0 Å². The molecule has 5 heteroatoms. The van der Waals surface area contributed by atoms with E-state index >= 15 is 0 Å². The van der Waals surface area contributed by atoms with Gasteiger partial charge in [0.05, 0.1) is 6.04 Å². The van der Waals surface area contributed by atoms with Gasteiger partial charge in [0, 0.05) is 24.7 Å². The van der Waals surface area contributed by atoms with Crippen LogP contribution in [0.25, 0.3) is 0 Å². The molecule has 4 nitrogen and oxygen atoms in total. The van der Waals surface area contributed by atoms with Crippen LogP contribution in [-0.2, 0) is 11.2 Å². The first kappa shape index (κ1) is 21.2. The highest BCUT2D eigenvalue weighted by molar-refractivity contribution is 6.04. The van der Waals surface area contributed by atoms with Gasteiger partial charge in [-0.25, -0.2) is 4.39 Å². The lowest BCUT2D eigenvalue weighted by Gasteiger charge is -2.26. The molecule has 1 N–H and O–H groups in total. The third-order valence-electron chi connectivity index (χ3n) is 5.18. The van der Waals surface area contributed by atoms with Crippen molar-refractivity contribution < 1.29 is 14.0 Å². The zero-order valence-corrected chi connectivity index (χ0v) is 17.1. The van der Waals surface area contributed by atoms with E-state index in [1.807, 2.05) is 49.4 Å². The number of aryl methyl sites for hydroxylation is 1. The summed E-state index contributed by atoms with van der Waals surface area (Å²) in [4.78, 5) is 26.7. The Labute approximate surface area is 176 Å². The minimum Gasteiger partial charge on any atom is -0.339 e. The topological polar surface area (TPSA) is 49.4 Å². The molecule has 0 bridgehead atoms. The summed E-state index contributed by atoms with van der Waals surface area (Å²) < 4.78 is 13.0. The van der Waals surface area contributed by atoms with E-state index in [0.717, 1.165) is 11.1 Å². The highest BCUT2D eigenvalue weighted by Crippen LogP contribution is 2.23. The lowest BCUT2D eigenvalue weighted by atomic mass is 10.0. The van der Waals surface area contributed by atoms with Gasteiger partial charge in [-0.2, -0.15) is 0 Å². The molecule has 1 atom stereocenters. The normalized spacial score (nSPS) is 11.6. The van der Waals surface area contributed by atoms with Crippen molar-refractivity contribution >= 4 is 17.5 Å². The maximum absolute atomic E-state index is 13.0. The largest absolute Gasteiger partial charge is 0.339 e. The fourth-order valence-electron chi connectivity index (χ4n) is 3.19. The Kier molecular flexibility index (Phi) is 6.96. The molecular formula is C25H25FN2O2. The monoisotopic (exact) mass is 404 g/mol. The van der Waals surface area contributed by atoms with Crippen molar-refractivity contribution in [2.24, 2.45) is 0 Å². The number of nitrogens with one attached hydrogen (secondary N) is 1. The summed E-state index contributed by atoms with van der Waals surface area (Å²) in [7, 11) is 1.77. The molecule has 2 amide bonds. The molecule has 154 valence electrons. The molecule has 3 rings (SSSR count). The van der Waals surface area contributed by atoms with Gasteiger partial charge < -0.3 is 10.2 Å². The Balaban J connectivity index is 1.61. The number of nitrogens with zero attached hydrogens (tertiary/aromatic N) is 1. The van der Waals surface area contributed by atoms with E-state index in [2.05, 4.69) is 5.32 Å². The van der Waals surface area contributed by atoms with Gasteiger partial charge >= 0.3 is 0 Å². The highest BCUT2D eigenvalue weighted by Gasteiger charge is 2.18. The van der Waals surface area contributed by atoms with Crippen molar-refractivity contribution in [2.75, 3.05) is 12.4 Å². The van der Waals surface area contributed by atoms with Gasteiger partial charge in [-0.1, -0.05) is 42.5 Å². The number of carbonyl (C=O) groups excluding carboxylic acids is 2. The Hall–Kier alpha value is -3.47. The fourth-order valence-corrected chi connectivity index (χ4v) is 3.19. The Morgan fingerprint density at radius 3 is 2.37 bits per heavy atom. The zero-order valence-electron chi connectivity index (χ0n) is 17.1. The molecule has 0 saturated carbocycles. The minimum atomic E-state index is -0.282. The van der Waals surface area contributed by atoms with E-state index in [-0.39, 0.29) is 23.7 Å². The molecule has 0 aliphatic rings. The number of hydrogen-bond acceptors (Lipinski definition) is 2. The van der Waals surface area contributed by atoms with Gasteiger partial charge in [0.15, 0.2) is 0 Å². The summed E-state index contributed by atoms with van der Waals surface area (Å²) in [6.45, 7) is 1.95. The molecule has 30 heavy (non-hydrogen) atoms. The summed E-state index contributed by atoms with van der Waals surface area (Å²) >= 11 is 0. The lowest BCUT2D eigenvalue weighted by molar-refractivity contribution is -0.131.